The van der Waals surface area contributed by atoms with Crippen molar-refractivity contribution in [2.45, 2.75) is 5.16 Å². The van der Waals surface area contributed by atoms with Gasteiger partial charge in [-0.25, -0.2) is 0 Å². The summed E-state index contributed by atoms with van der Waals surface area (Å²) in [6, 6.07) is 12.5. The second-order valence-corrected chi connectivity index (χ2v) is 6.82. The Labute approximate surface area is 162 Å². The minimum Gasteiger partial charge on any atom is -0.457 e. The van der Waals surface area contributed by atoms with Gasteiger partial charge in [-0.05, 0) is 30.5 Å². The van der Waals surface area contributed by atoms with Crippen molar-refractivity contribution in [2.75, 3.05) is 11.6 Å². The van der Waals surface area contributed by atoms with Crippen LogP contribution in [0.25, 0.3) is 17.4 Å². The van der Waals surface area contributed by atoms with E-state index in [0.717, 1.165) is 17.1 Å². The van der Waals surface area contributed by atoms with Crippen molar-refractivity contribution in [1.82, 2.24) is 9.36 Å². The molecule has 0 atom stereocenters. The summed E-state index contributed by atoms with van der Waals surface area (Å²) in [6.07, 6.45) is 3.20. The van der Waals surface area contributed by atoms with Gasteiger partial charge in [-0.1, -0.05) is 35.5 Å². The maximum atomic E-state index is 12.2. The van der Waals surface area contributed by atoms with E-state index in [0.29, 0.717) is 26.8 Å². The van der Waals surface area contributed by atoms with Crippen LogP contribution in [-0.4, -0.2) is 21.5 Å². The van der Waals surface area contributed by atoms with Gasteiger partial charge in [-0.3, -0.25) is 10.1 Å². The summed E-state index contributed by atoms with van der Waals surface area (Å²) in [5.74, 6) is 0.342. The summed E-state index contributed by atoms with van der Waals surface area (Å²) in [6.45, 7) is 0. The Morgan fingerprint density at radius 3 is 2.88 bits per heavy atom. The van der Waals surface area contributed by atoms with E-state index >= 15 is 0 Å². The van der Waals surface area contributed by atoms with Gasteiger partial charge in [0.2, 0.25) is 10.3 Å². The summed E-state index contributed by atoms with van der Waals surface area (Å²) < 4.78 is 9.73. The number of nitriles is 1. The molecule has 1 amide bonds. The Balaban J connectivity index is 1.80. The standard InChI is InChI=1S/C17H11ClN4O2S2/c1-25-17-21-16(26-22-17)20-15(23)10(9-19)8-11-6-7-14(24-11)12-4-2-3-5-13(12)18/h2-8H,1H3,(H,20,21,22,23)/b10-8-. The number of nitrogens with one attached hydrogen (secondary N) is 1. The molecule has 0 saturated carbocycles. The van der Waals surface area contributed by atoms with Gasteiger partial charge in [0.1, 0.15) is 23.2 Å². The van der Waals surface area contributed by atoms with Crippen LogP contribution >= 0.6 is 34.9 Å². The van der Waals surface area contributed by atoms with Gasteiger partial charge in [0.25, 0.3) is 5.91 Å². The quantitative estimate of drug-likeness (QED) is 0.377. The molecule has 0 aliphatic carbocycles. The SMILES string of the molecule is CSc1nsc(NC(=O)/C(C#N)=C\c2ccc(-c3ccccc3Cl)o2)n1. The van der Waals surface area contributed by atoms with E-state index in [2.05, 4.69) is 14.7 Å². The zero-order valence-corrected chi connectivity index (χ0v) is 15.8. The molecule has 0 fully saturated rings. The van der Waals surface area contributed by atoms with Crippen molar-refractivity contribution in [3.05, 3.63) is 52.8 Å². The van der Waals surface area contributed by atoms with Crippen molar-refractivity contribution >= 4 is 52.0 Å². The number of benzene rings is 1. The van der Waals surface area contributed by atoms with Crippen molar-refractivity contribution in [1.29, 1.82) is 5.26 Å². The number of furan rings is 1. The second kappa shape index (κ2) is 8.19. The number of thioether (sulfide) groups is 1. The van der Waals surface area contributed by atoms with Gasteiger partial charge >= 0.3 is 0 Å². The molecule has 0 radical (unpaired) electrons. The number of anilines is 1. The molecule has 9 heteroatoms. The van der Waals surface area contributed by atoms with Crippen LogP contribution in [0.2, 0.25) is 5.02 Å². The predicted molar refractivity (Wildman–Crippen MR) is 103 cm³/mol. The van der Waals surface area contributed by atoms with Crippen LogP contribution in [0.15, 0.2) is 51.5 Å². The van der Waals surface area contributed by atoms with Gasteiger partial charge < -0.3 is 4.42 Å². The number of aromatic nitrogens is 2. The first-order valence-corrected chi connectivity index (χ1v) is 9.64. The molecule has 3 aromatic rings. The molecule has 2 heterocycles. The monoisotopic (exact) mass is 402 g/mol. The minimum absolute atomic E-state index is 0.106. The van der Waals surface area contributed by atoms with Gasteiger partial charge in [0, 0.05) is 23.2 Å². The smallest absolute Gasteiger partial charge is 0.268 e. The van der Waals surface area contributed by atoms with E-state index in [9.17, 15) is 10.1 Å². The number of amides is 1. The molecule has 0 saturated heterocycles. The fourth-order valence-corrected chi connectivity index (χ4v) is 3.39. The lowest BCUT2D eigenvalue weighted by atomic mass is 10.2. The average molecular weight is 403 g/mol. The Kier molecular flexibility index (Phi) is 5.73. The van der Waals surface area contributed by atoms with Gasteiger partial charge in [-0.15, -0.1) is 0 Å². The number of carbonyl (C=O) groups is 1. The van der Waals surface area contributed by atoms with Crippen LogP contribution in [0.5, 0.6) is 0 Å². The van der Waals surface area contributed by atoms with E-state index in [1.165, 1.54) is 17.8 Å². The fraction of sp³-hybridized carbons (Fsp3) is 0.0588. The molecular weight excluding hydrogens is 392 g/mol. The molecule has 1 aromatic carbocycles. The van der Waals surface area contributed by atoms with E-state index in [1.807, 2.05) is 30.5 Å². The average Bonchev–Trinajstić information content (AvgIpc) is 3.29. The zero-order valence-electron chi connectivity index (χ0n) is 13.4. The van der Waals surface area contributed by atoms with Crippen LogP contribution < -0.4 is 5.32 Å². The molecule has 0 aliphatic heterocycles. The molecule has 0 aliphatic rings. The van der Waals surface area contributed by atoms with Crippen molar-refractivity contribution in [3.8, 4) is 17.4 Å². The Hall–Kier alpha value is -2.60. The van der Waals surface area contributed by atoms with Crippen LogP contribution in [0.4, 0.5) is 5.13 Å². The fourth-order valence-electron chi connectivity index (χ4n) is 2.04. The highest BCUT2D eigenvalue weighted by Crippen LogP contribution is 2.29. The summed E-state index contributed by atoms with van der Waals surface area (Å²) in [4.78, 5) is 16.4. The molecule has 0 unspecified atom stereocenters. The topological polar surface area (TPSA) is 91.8 Å². The molecule has 0 spiro atoms. The normalized spacial score (nSPS) is 11.2. The van der Waals surface area contributed by atoms with E-state index in [1.54, 1.807) is 18.2 Å². The van der Waals surface area contributed by atoms with E-state index in [4.69, 9.17) is 16.0 Å². The lowest BCUT2D eigenvalue weighted by molar-refractivity contribution is -0.112. The lowest BCUT2D eigenvalue weighted by Crippen LogP contribution is -2.13. The number of nitrogens with zero attached hydrogens (tertiary/aromatic N) is 3. The van der Waals surface area contributed by atoms with Gasteiger partial charge in [0.15, 0.2) is 0 Å². The van der Waals surface area contributed by atoms with E-state index in [-0.39, 0.29) is 5.57 Å². The Bertz CT molecular complexity index is 1020. The van der Waals surface area contributed by atoms with E-state index < -0.39 is 5.91 Å². The van der Waals surface area contributed by atoms with Crippen molar-refractivity contribution in [2.24, 2.45) is 0 Å². The molecular formula is C17H11ClN4O2S2. The highest BCUT2D eigenvalue weighted by atomic mass is 35.5. The number of rotatable bonds is 5. The first kappa shape index (κ1) is 18.2. The molecule has 130 valence electrons. The second-order valence-electron chi connectivity index (χ2n) is 4.89. The minimum atomic E-state index is -0.577. The van der Waals surface area contributed by atoms with Gasteiger partial charge in [-0.2, -0.15) is 14.6 Å². The number of halogens is 1. The maximum absolute atomic E-state index is 12.2. The molecule has 0 bridgehead atoms. The zero-order chi connectivity index (χ0) is 18.5. The third kappa shape index (κ3) is 4.14. The Morgan fingerprint density at radius 1 is 1.38 bits per heavy atom. The Morgan fingerprint density at radius 2 is 2.19 bits per heavy atom. The molecule has 1 N–H and O–H groups in total. The summed E-state index contributed by atoms with van der Waals surface area (Å²) in [5.41, 5.74) is 0.626. The summed E-state index contributed by atoms with van der Waals surface area (Å²) >= 11 is 8.57. The molecule has 2 aromatic heterocycles. The molecule has 3 rings (SSSR count). The van der Waals surface area contributed by atoms with Gasteiger partial charge in [0.05, 0.1) is 5.02 Å². The lowest BCUT2D eigenvalue weighted by Gasteiger charge is -2.00. The molecule has 26 heavy (non-hydrogen) atoms. The largest absolute Gasteiger partial charge is 0.457 e. The highest BCUT2D eigenvalue weighted by Gasteiger charge is 2.14. The first-order chi connectivity index (χ1) is 12.6. The molecule has 6 nitrogen and oxygen atoms in total. The van der Waals surface area contributed by atoms with Crippen LogP contribution in [-0.2, 0) is 4.79 Å². The maximum Gasteiger partial charge on any atom is 0.268 e. The third-order valence-corrected chi connectivity index (χ3v) is 4.85. The summed E-state index contributed by atoms with van der Waals surface area (Å²) in [5, 5.41) is 13.3. The van der Waals surface area contributed by atoms with Crippen molar-refractivity contribution < 1.29 is 9.21 Å². The van der Waals surface area contributed by atoms with Crippen LogP contribution in [0.1, 0.15) is 5.76 Å². The highest BCUT2D eigenvalue weighted by molar-refractivity contribution is 7.98. The van der Waals surface area contributed by atoms with Crippen molar-refractivity contribution in [3.63, 3.8) is 0 Å². The summed E-state index contributed by atoms with van der Waals surface area (Å²) in [7, 11) is 0. The number of carbonyl (C=O) groups excluding carboxylic acids is 1. The van der Waals surface area contributed by atoms with Crippen LogP contribution in [0, 0.1) is 11.3 Å². The number of hydrogen-bond donors (Lipinski definition) is 1. The third-order valence-electron chi connectivity index (χ3n) is 3.23. The number of hydrogen-bond acceptors (Lipinski definition) is 7. The predicted octanol–water partition coefficient (Wildman–Crippen LogP) is 4.72. The van der Waals surface area contributed by atoms with Crippen LogP contribution in [0.3, 0.4) is 0 Å². The first-order valence-electron chi connectivity index (χ1n) is 7.26.